The van der Waals surface area contributed by atoms with Crippen LogP contribution in [0.5, 0.6) is 0 Å². The van der Waals surface area contributed by atoms with E-state index in [9.17, 15) is 4.79 Å². The number of rotatable bonds is 5. The van der Waals surface area contributed by atoms with E-state index in [1.807, 2.05) is 6.07 Å². The molecule has 1 aromatic heterocycles. The van der Waals surface area contributed by atoms with Crippen molar-refractivity contribution in [2.24, 2.45) is 0 Å². The summed E-state index contributed by atoms with van der Waals surface area (Å²) in [5.41, 5.74) is 0. The van der Waals surface area contributed by atoms with Crippen LogP contribution in [0.2, 0.25) is 0 Å². The molecule has 1 saturated heterocycles. The first-order chi connectivity index (χ1) is 8.69. The van der Waals surface area contributed by atoms with Crippen molar-refractivity contribution in [2.75, 3.05) is 6.54 Å². The highest BCUT2D eigenvalue weighted by atomic mass is 32.1. The number of aliphatic carboxylic acids is 1. The summed E-state index contributed by atoms with van der Waals surface area (Å²) < 4.78 is 0. The second kappa shape index (κ2) is 6.16. The largest absolute Gasteiger partial charge is 0.478 e. The summed E-state index contributed by atoms with van der Waals surface area (Å²) in [7, 11) is 0. The molecule has 0 aliphatic carbocycles. The van der Waals surface area contributed by atoms with Gasteiger partial charge in [0.2, 0.25) is 0 Å². The van der Waals surface area contributed by atoms with Crippen molar-refractivity contribution in [3.05, 3.63) is 28.0 Å². The van der Waals surface area contributed by atoms with Crippen LogP contribution in [0.1, 0.15) is 35.9 Å². The summed E-state index contributed by atoms with van der Waals surface area (Å²) >= 11 is 1.68. The molecule has 0 saturated carbocycles. The van der Waals surface area contributed by atoms with Gasteiger partial charge in [-0.3, -0.25) is 4.90 Å². The van der Waals surface area contributed by atoms with Gasteiger partial charge in [-0.05, 0) is 44.0 Å². The van der Waals surface area contributed by atoms with E-state index in [0.717, 1.165) is 17.5 Å². The van der Waals surface area contributed by atoms with E-state index >= 15 is 0 Å². The molecule has 0 spiro atoms. The molecule has 0 amide bonds. The van der Waals surface area contributed by atoms with Crippen molar-refractivity contribution in [3.63, 3.8) is 0 Å². The van der Waals surface area contributed by atoms with E-state index in [2.05, 4.69) is 17.9 Å². The first-order valence-electron chi connectivity index (χ1n) is 6.43. The molecule has 4 heteroatoms. The molecule has 2 heterocycles. The Morgan fingerprint density at radius 1 is 1.61 bits per heavy atom. The smallest absolute Gasteiger partial charge is 0.328 e. The zero-order chi connectivity index (χ0) is 13.0. The lowest BCUT2D eigenvalue weighted by atomic mass is 10.2. The highest BCUT2D eigenvalue weighted by Gasteiger charge is 2.22. The zero-order valence-corrected chi connectivity index (χ0v) is 11.4. The number of nitrogens with zero attached hydrogens (tertiary/aromatic N) is 1. The van der Waals surface area contributed by atoms with E-state index in [0.29, 0.717) is 0 Å². The average Bonchev–Trinajstić information content (AvgIpc) is 2.96. The standard InChI is InChI=1S/C14H19NO2S/c1-2-11-4-3-9-15(11)10-13-6-5-12(18-13)7-8-14(16)17/h5-8,11H,2-4,9-10H2,1H3,(H,16,17)/b8-7+. The van der Waals surface area contributed by atoms with Gasteiger partial charge >= 0.3 is 5.97 Å². The Bertz CT molecular complexity index is 439. The molecule has 1 atom stereocenters. The molecule has 1 N–H and O–H groups in total. The van der Waals surface area contributed by atoms with Crippen LogP contribution in [0.25, 0.3) is 6.08 Å². The summed E-state index contributed by atoms with van der Waals surface area (Å²) in [4.78, 5) is 15.3. The van der Waals surface area contributed by atoms with Gasteiger partial charge in [-0.15, -0.1) is 11.3 Å². The Morgan fingerprint density at radius 2 is 2.44 bits per heavy atom. The maximum Gasteiger partial charge on any atom is 0.328 e. The van der Waals surface area contributed by atoms with Gasteiger partial charge in [0.1, 0.15) is 0 Å². The van der Waals surface area contributed by atoms with Crippen LogP contribution < -0.4 is 0 Å². The lowest BCUT2D eigenvalue weighted by Gasteiger charge is -2.22. The predicted octanol–water partition coefficient (Wildman–Crippen LogP) is 3.22. The minimum Gasteiger partial charge on any atom is -0.478 e. The number of carboxylic acid groups (broad SMARTS) is 1. The second-order valence-electron chi connectivity index (χ2n) is 4.65. The Hall–Kier alpha value is -1.13. The fourth-order valence-electron chi connectivity index (χ4n) is 2.49. The normalized spacial score (nSPS) is 20.8. The molecule has 98 valence electrons. The van der Waals surface area contributed by atoms with Gasteiger partial charge in [-0.1, -0.05) is 6.92 Å². The topological polar surface area (TPSA) is 40.5 Å². The lowest BCUT2D eigenvalue weighted by Crippen LogP contribution is -2.27. The van der Waals surface area contributed by atoms with Crippen molar-refractivity contribution in [1.29, 1.82) is 0 Å². The minimum atomic E-state index is -0.893. The van der Waals surface area contributed by atoms with Gasteiger partial charge in [0.15, 0.2) is 0 Å². The maximum atomic E-state index is 10.4. The second-order valence-corrected chi connectivity index (χ2v) is 5.85. The van der Waals surface area contributed by atoms with Crippen LogP contribution in [-0.4, -0.2) is 28.6 Å². The molecular formula is C14H19NO2S. The average molecular weight is 265 g/mol. The summed E-state index contributed by atoms with van der Waals surface area (Å²) in [6.45, 7) is 4.44. The molecule has 1 fully saturated rings. The van der Waals surface area contributed by atoms with Crippen LogP contribution in [-0.2, 0) is 11.3 Å². The maximum absolute atomic E-state index is 10.4. The molecular weight excluding hydrogens is 246 g/mol. The third-order valence-corrected chi connectivity index (χ3v) is 4.44. The summed E-state index contributed by atoms with van der Waals surface area (Å²) in [6, 6.07) is 4.83. The Balaban J connectivity index is 1.96. The van der Waals surface area contributed by atoms with Crippen molar-refractivity contribution < 1.29 is 9.90 Å². The predicted molar refractivity (Wildman–Crippen MR) is 74.7 cm³/mol. The first-order valence-corrected chi connectivity index (χ1v) is 7.24. The number of carbonyl (C=O) groups is 1. The Morgan fingerprint density at radius 3 is 3.17 bits per heavy atom. The fourth-order valence-corrected chi connectivity index (χ4v) is 3.43. The van der Waals surface area contributed by atoms with Gasteiger partial charge in [0.05, 0.1) is 0 Å². The molecule has 1 unspecified atom stereocenters. The number of hydrogen-bond acceptors (Lipinski definition) is 3. The van der Waals surface area contributed by atoms with Crippen molar-refractivity contribution in [3.8, 4) is 0 Å². The highest BCUT2D eigenvalue weighted by Crippen LogP contribution is 2.25. The molecule has 0 bridgehead atoms. The molecule has 2 rings (SSSR count). The molecule has 0 radical (unpaired) electrons. The van der Waals surface area contributed by atoms with E-state index in [1.54, 1.807) is 17.4 Å². The fraction of sp³-hybridized carbons (Fsp3) is 0.500. The van der Waals surface area contributed by atoms with Crippen LogP contribution in [0.4, 0.5) is 0 Å². The van der Waals surface area contributed by atoms with Crippen LogP contribution in [0.3, 0.4) is 0 Å². The van der Waals surface area contributed by atoms with Gasteiger partial charge in [0.25, 0.3) is 0 Å². The molecule has 1 aliphatic heterocycles. The van der Waals surface area contributed by atoms with Gasteiger partial charge in [0, 0.05) is 28.4 Å². The summed E-state index contributed by atoms with van der Waals surface area (Å²) in [6.07, 6.45) is 6.69. The van der Waals surface area contributed by atoms with E-state index in [4.69, 9.17) is 5.11 Å². The van der Waals surface area contributed by atoms with Gasteiger partial charge in [-0.2, -0.15) is 0 Å². The Labute approximate surface area is 112 Å². The van der Waals surface area contributed by atoms with Crippen LogP contribution in [0, 0.1) is 0 Å². The lowest BCUT2D eigenvalue weighted by molar-refractivity contribution is -0.131. The molecule has 1 aliphatic rings. The number of hydrogen-bond donors (Lipinski definition) is 1. The highest BCUT2D eigenvalue weighted by molar-refractivity contribution is 7.12. The van der Waals surface area contributed by atoms with Gasteiger partial charge < -0.3 is 5.11 Å². The minimum absolute atomic E-state index is 0.727. The van der Waals surface area contributed by atoms with Crippen molar-refractivity contribution in [1.82, 2.24) is 4.90 Å². The van der Waals surface area contributed by atoms with Crippen LogP contribution in [0.15, 0.2) is 18.2 Å². The third kappa shape index (κ3) is 3.43. The molecule has 3 nitrogen and oxygen atoms in total. The Kier molecular flexibility index (Phi) is 4.55. The molecule has 1 aromatic rings. The quantitative estimate of drug-likeness (QED) is 0.831. The van der Waals surface area contributed by atoms with Crippen LogP contribution >= 0.6 is 11.3 Å². The monoisotopic (exact) mass is 265 g/mol. The SMILES string of the molecule is CCC1CCCN1Cc1ccc(/C=C/C(=O)O)s1. The molecule has 18 heavy (non-hydrogen) atoms. The van der Waals surface area contributed by atoms with Gasteiger partial charge in [-0.25, -0.2) is 4.79 Å². The number of thiophene rings is 1. The summed E-state index contributed by atoms with van der Waals surface area (Å²) in [5.74, 6) is -0.893. The zero-order valence-electron chi connectivity index (χ0n) is 10.6. The number of likely N-dealkylation sites (tertiary alicyclic amines) is 1. The van der Waals surface area contributed by atoms with Crippen molar-refractivity contribution >= 4 is 23.4 Å². The third-order valence-electron chi connectivity index (χ3n) is 3.40. The van der Waals surface area contributed by atoms with E-state index in [-0.39, 0.29) is 0 Å². The molecule has 0 aromatic carbocycles. The van der Waals surface area contributed by atoms with E-state index in [1.165, 1.54) is 36.8 Å². The van der Waals surface area contributed by atoms with Crippen molar-refractivity contribution in [2.45, 2.75) is 38.8 Å². The number of carboxylic acids is 1. The first kappa shape index (κ1) is 13.3. The van der Waals surface area contributed by atoms with E-state index < -0.39 is 5.97 Å². The summed E-state index contributed by atoms with van der Waals surface area (Å²) in [5, 5.41) is 8.59.